The average molecular weight is 250 g/mol. The zero-order valence-corrected chi connectivity index (χ0v) is 10.7. The molecule has 2 rings (SSSR count). The van der Waals surface area contributed by atoms with E-state index in [0.29, 0.717) is 19.7 Å². The molecule has 0 unspecified atom stereocenters. The summed E-state index contributed by atoms with van der Waals surface area (Å²) in [5.41, 5.74) is 1.89. The number of aliphatic hydroxyl groups is 1. The second-order valence-electron chi connectivity index (χ2n) is 4.07. The second kappa shape index (κ2) is 5.79. The van der Waals surface area contributed by atoms with E-state index in [2.05, 4.69) is 10.1 Å². The molecule has 0 fully saturated rings. The van der Waals surface area contributed by atoms with Gasteiger partial charge in [-0.2, -0.15) is 5.10 Å². The third-order valence-corrected chi connectivity index (χ3v) is 2.73. The number of ether oxygens (including phenoxy) is 1. The van der Waals surface area contributed by atoms with Crippen molar-refractivity contribution in [2.24, 2.45) is 0 Å². The lowest BCUT2D eigenvalue weighted by atomic mass is 10.3. The molecule has 0 radical (unpaired) electrons. The van der Waals surface area contributed by atoms with Gasteiger partial charge in [-0.05, 0) is 13.0 Å². The second-order valence-corrected chi connectivity index (χ2v) is 4.07. The van der Waals surface area contributed by atoms with Crippen molar-refractivity contribution in [3.8, 4) is 0 Å². The molecular formula is C12H18N4O2. The van der Waals surface area contributed by atoms with E-state index in [9.17, 15) is 0 Å². The summed E-state index contributed by atoms with van der Waals surface area (Å²) in [4.78, 5) is 6.39. The Morgan fingerprint density at radius 3 is 3.00 bits per heavy atom. The number of anilines is 1. The van der Waals surface area contributed by atoms with E-state index in [-0.39, 0.29) is 6.61 Å². The molecule has 0 bridgehead atoms. The van der Waals surface area contributed by atoms with Crippen molar-refractivity contribution < 1.29 is 9.84 Å². The van der Waals surface area contributed by atoms with Gasteiger partial charge in [-0.15, -0.1) is 0 Å². The minimum atomic E-state index is 0.0829. The van der Waals surface area contributed by atoms with Gasteiger partial charge in [0.05, 0.1) is 18.9 Å². The van der Waals surface area contributed by atoms with E-state index in [0.717, 1.165) is 17.0 Å². The molecular weight excluding hydrogens is 232 g/mol. The van der Waals surface area contributed by atoms with Crippen LogP contribution in [0.4, 0.5) is 5.82 Å². The first-order valence-electron chi connectivity index (χ1n) is 5.92. The Morgan fingerprint density at radius 2 is 2.28 bits per heavy atom. The van der Waals surface area contributed by atoms with Crippen LogP contribution < -0.4 is 4.90 Å². The molecule has 2 aromatic rings. The number of methoxy groups -OCH3 is 1. The van der Waals surface area contributed by atoms with Crippen molar-refractivity contribution in [2.75, 3.05) is 38.3 Å². The van der Waals surface area contributed by atoms with Crippen LogP contribution in [-0.2, 0) is 4.74 Å². The Hall–Kier alpha value is -1.66. The van der Waals surface area contributed by atoms with Crippen LogP contribution in [0.5, 0.6) is 0 Å². The summed E-state index contributed by atoms with van der Waals surface area (Å²) < 4.78 is 6.88. The van der Waals surface area contributed by atoms with Crippen LogP contribution in [0.25, 0.3) is 5.52 Å². The van der Waals surface area contributed by atoms with E-state index in [1.807, 2.05) is 24.1 Å². The Labute approximate surface area is 106 Å². The number of hydrogen-bond donors (Lipinski definition) is 1. The Balaban J connectivity index is 2.36. The minimum absolute atomic E-state index is 0.0829. The maximum Gasteiger partial charge on any atom is 0.154 e. The van der Waals surface area contributed by atoms with E-state index < -0.39 is 0 Å². The highest BCUT2D eigenvalue weighted by Crippen LogP contribution is 2.18. The molecule has 6 heteroatoms. The SMILES string of the molecule is COCCN(CCO)c1nccn2nc(C)cc12. The lowest BCUT2D eigenvalue weighted by Gasteiger charge is -2.22. The smallest absolute Gasteiger partial charge is 0.154 e. The normalized spacial score (nSPS) is 11.1. The van der Waals surface area contributed by atoms with Gasteiger partial charge in [-0.1, -0.05) is 0 Å². The van der Waals surface area contributed by atoms with Crippen LogP contribution in [-0.4, -0.2) is 53.1 Å². The van der Waals surface area contributed by atoms with Crippen LogP contribution in [0.3, 0.4) is 0 Å². The molecule has 98 valence electrons. The topological polar surface area (TPSA) is 62.9 Å². The Bertz CT molecular complexity index is 512. The highest BCUT2D eigenvalue weighted by atomic mass is 16.5. The number of aliphatic hydroxyl groups excluding tert-OH is 1. The number of fused-ring (bicyclic) bond motifs is 1. The summed E-state index contributed by atoms with van der Waals surface area (Å²) in [5, 5.41) is 13.5. The highest BCUT2D eigenvalue weighted by molar-refractivity contribution is 5.69. The van der Waals surface area contributed by atoms with E-state index in [4.69, 9.17) is 9.84 Å². The van der Waals surface area contributed by atoms with Crippen molar-refractivity contribution >= 4 is 11.3 Å². The van der Waals surface area contributed by atoms with Crippen LogP contribution in [0, 0.1) is 6.92 Å². The number of aromatic nitrogens is 3. The van der Waals surface area contributed by atoms with Gasteiger partial charge in [0.1, 0.15) is 5.52 Å². The first-order chi connectivity index (χ1) is 8.76. The molecule has 0 amide bonds. The zero-order valence-electron chi connectivity index (χ0n) is 10.7. The van der Waals surface area contributed by atoms with Crippen molar-refractivity contribution in [3.05, 3.63) is 24.2 Å². The largest absolute Gasteiger partial charge is 0.395 e. The standard InChI is InChI=1S/C12H18N4O2/c1-10-9-11-12(13-3-4-16(11)14-10)15(5-7-17)6-8-18-2/h3-4,9,17H,5-8H2,1-2H3. The summed E-state index contributed by atoms with van der Waals surface area (Å²) >= 11 is 0. The summed E-state index contributed by atoms with van der Waals surface area (Å²) in [6, 6.07) is 1.99. The van der Waals surface area contributed by atoms with Gasteiger partial charge in [0.15, 0.2) is 5.82 Å². The number of hydrogen-bond acceptors (Lipinski definition) is 5. The molecule has 0 saturated heterocycles. The monoisotopic (exact) mass is 250 g/mol. The van der Waals surface area contributed by atoms with Crippen molar-refractivity contribution in [3.63, 3.8) is 0 Å². The molecule has 6 nitrogen and oxygen atoms in total. The molecule has 18 heavy (non-hydrogen) atoms. The summed E-state index contributed by atoms with van der Waals surface area (Å²) in [7, 11) is 1.66. The van der Waals surface area contributed by atoms with Crippen LogP contribution in [0.1, 0.15) is 5.69 Å². The lowest BCUT2D eigenvalue weighted by Crippen LogP contribution is -2.31. The van der Waals surface area contributed by atoms with Crippen LogP contribution in [0.2, 0.25) is 0 Å². The quantitative estimate of drug-likeness (QED) is 0.808. The molecule has 0 aromatic carbocycles. The Morgan fingerprint density at radius 1 is 1.44 bits per heavy atom. The van der Waals surface area contributed by atoms with Crippen molar-refractivity contribution in [2.45, 2.75) is 6.92 Å². The fourth-order valence-electron chi connectivity index (χ4n) is 1.92. The first-order valence-corrected chi connectivity index (χ1v) is 5.92. The molecule has 1 N–H and O–H groups in total. The predicted molar refractivity (Wildman–Crippen MR) is 68.9 cm³/mol. The highest BCUT2D eigenvalue weighted by Gasteiger charge is 2.12. The lowest BCUT2D eigenvalue weighted by molar-refractivity contribution is 0.202. The summed E-state index contributed by atoms with van der Waals surface area (Å²) in [5.74, 6) is 0.823. The molecule has 0 aliphatic carbocycles. The molecule has 2 heterocycles. The average Bonchev–Trinajstić information content (AvgIpc) is 2.74. The van der Waals surface area contributed by atoms with Crippen molar-refractivity contribution in [1.82, 2.24) is 14.6 Å². The zero-order chi connectivity index (χ0) is 13.0. The first kappa shape index (κ1) is 12.8. The summed E-state index contributed by atoms with van der Waals surface area (Å²) in [6.07, 6.45) is 3.53. The van der Waals surface area contributed by atoms with E-state index in [1.165, 1.54) is 0 Å². The third kappa shape index (κ3) is 2.60. The maximum atomic E-state index is 9.14. The van der Waals surface area contributed by atoms with Gasteiger partial charge < -0.3 is 14.7 Å². The predicted octanol–water partition coefficient (Wildman–Crippen LogP) is 0.483. The fourth-order valence-corrected chi connectivity index (χ4v) is 1.92. The molecule has 2 aromatic heterocycles. The molecule has 0 aliphatic heterocycles. The van der Waals surface area contributed by atoms with Gasteiger partial charge in [-0.25, -0.2) is 9.50 Å². The third-order valence-electron chi connectivity index (χ3n) is 2.73. The summed E-state index contributed by atoms with van der Waals surface area (Å²) in [6.45, 7) is 3.84. The van der Waals surface area contributed by atoms with Gasteiger partial charge in [0.25, 0.3) is 0 Å². The van der Waals surface area contributed by atoms with Gasteiger partial charge in [0.2, 0.25) is 0 Å². The van der Waals surface area contributed by atoms with Gasteiger partial charge in [-0.3, -0.25) is 0 Å². The van der Waals surface area contributed by atoms with Gasteiger partial charge in [0, 0.05) is 32.6 Å². The molecule has 0 saturated carbocycles. The Kier molecular flexibility index (Phi) is 4.11. The maximum absolute atomic E-state index is 9.14. The minimum Gasteiger partial charge on any atom is -0.395 e. The molecule has 0 aliphatic rings. The van der Waals surface area contributed by atoms with Crippen LogP contribution in [0.15, 0.2) is 18.5 Å². The number of nitrogens with zero attached hydrogens (tertiary/aromatic N) is 4. The molecule has 0 atom stereocenters. The van der Waals surface area contributed by atoms with Crippen LogP contribution >= 0.6 is 0 Å². The fraction of sp³-hybridized carbons (Fsp3) is 0.500. The van der Waals surface area contributed by atoms with Crippen molar-refractivity contribution in [1.29, 1.82) is 0 Å². The molecule has 0 spiro atoms. The number of aryl methyl sites for hydroxylation is 1. The van der Waals surface area contributed by atoms with E-state index in [1.54, 1.807) is 17.8 Å². The van der Waals surface area contributed by atoms with Gasteiger partial charge >= 0.3 is 0 Å². The van der Waals surface area contributed by atoms with E-state index >= 15 is 0 Å². The number of rotatable bonds is 6.